The second kappa shape index (κ2) is 6.19. The van der Waals surface area contributed by atoms with Gasteiger partial charge in [-0.25, -0.2) is 4.99 Å². The molecule has 1 unspecified atom stereocenters. The van der Waals surface area contributed by atoms with Crippen molar-refractivity contribution in [3.05, 3.63) is 33.4 Å². The Morgan fingerprint density at radius 1 is 1.00 bits per heavy atom. The average Bonchev–Trinajstić information content (AvgIpc) is 2.45. The van der Waals surface area contributed by atoms with Gasteiger partial charge in [0.25, 0.3) is 0 Å². The van der Waals surface area contributed by atoms with E-state index < -0.39 is 0 Å². The molecule has 1 aromatic rings. The van der Waals surface area contributed by atoms with Gasteiger partial charge in [-0.1, -0.05) is 11.8 Å². The highest BCUT2D eigenvalue weighted by atomic mass is 32.2. The summed E-state index contributed by atoms with van der Waals surface area (Å²) in [6.07, 6.45) is 0. The van der Waals surface area contributed by atoms with Crippen molar-refractivity contribution in [2.75, 3.05) is 20.4 Å². The van der Waals surface area contributed by atoms with E-state index in [1.807, 2.05) is 11.8 Å². The molecule has 0 aromatic heterocycles. The topological polar surface area (TPSA) is 28.8 Å². The highest BCUT2D eigenvalue weighted by Gasteiger charge is 2.15. The first-order chi connectivity index (χ1) is 9.41. The lowest BCUT2D eigenvalue weighted by atomic mass is 9.90. The zero-order valence-corrected chi connectivity index (χ0v) is 14.3. The molecule has 1 atom stereocenters. The number of hydrogen-bond donors (Lipinski definition) is 2. The van der Waals surface area contributed by atoms with Crippen molar-refractivity contribution < 1.29 is 4.90 Å². The Kier molecular flexibility index (Phi) is 4.76. The Hall–Kier alpha value is -1.00. The number of aliphatic imine (C=N–C) groups is 1. The van der Waals surface area contributed by atoms with E-state index in [0.29, 0.717) is 0 Å². The van der Waals surface area contributed by atoms with Crippen LogP contribution < -0.4 is 10.2 Å². The number of nitrogens with zero attached hydrogens (tertiary/aromatic N) is 1. The van der Waals surface area contributed by atoms with Crippen molar-refractivity contribution in [3.8, 4) is 0 Å². The number of amidine groups is 1. The van der Waals surface area contributed by atoms with Crippen LogP contribution in [-0.2, 0) is 5.75 Å². The number of rotatable bonds is 2. The van der Waals surface area contributed by atoms with Gasteiger partial charge in [0, 0.05) is 5.75 Å². The van der Waals surface area contributed by atoms with Gasteiger partial charge in [0.15, 0.2) is 18.5 Å². The Morgan fingerprint density at radius 2 is 1.55 bits per heavy atom. The van der Waals surface area contributed by atoms with Crippen molar-refractivity contribution in [2.24, 2.45) is 4.99 Å². The minimum Gasteiger partial charge on any atom is -0.318 e. The van der Waals surface area contributed by atoms with Gasteiger partial charge < -0.3 is 10.2 Å². The standard InChI is InChI=1S/C16H25N3S/c1-10-11(2)13(4)15(14(5)12(10)3)7-20-16-17-8-19(6)9-18-16/h7-9H2,1-6H3,(H,17,18)/p+1. The van der Waals surface area contributed by atoms with Crippen LogP contribution in [-0.4, -0.2) is 25.6 Å². The van der Waals surface area contributed by atoms with Crippen LogP contribution in [0, 0.1) is 34.6 Å². The summed E-state index contributed by atoms with van der Waals surface area (Å²) in [5.74, 6) is 1.00. The van der Waals surface area contributed by atoms with Crippen molar-refractivity contribution in [2.45, 2.75) is 40.4 Å². The molecule has 1 aromatic carbocycles. The highest BCUT2D eigenvalue weighted by Crippen LogP contribution is 2.29. The lowest BCUT2D eigenvalue weighted by molar-refractivity contribution is -0.882. The van der Waals surface area contributed by atoms with E-state index in [9.17, 15) is 0 Å². The number of thioether (sulfide) groups is 1. The van der Waals surface area contributed by atoms with Gasteiger partial charge in [-0.2, -0.15) is 0 Å². The molecular formula is C16H26N3S+. The summed E-state index contributed by atoms with van der Waals surface area (Å²) in [5.41, 5.74) is 8.67. The molecule has 1 aliphatic rings. The van der Waals surface area contributed by atoms with E-state index in [-0.39, 0.29) is 0 Å². The first kappa shape index (κ1) is 15.4. The molecule has 3 nitrogen and oxygen atoms in total. The van der Waals surface area contributed by atoms with Crippen LogP contribution >= 0.6 is 11.8 Å². The molecule has 2 rings (SSSR count). The Labute approximate surface area is 126 Å². The minimum atomic E-state index is 0.874. The van der Waals surface area contributed by atoms with Gasteiger partial charge in [-0.3, -0.25) is 0 Å². The second-order valence-corrected chi connectivity index (χ2v) is 6.79. The van der Waals surface area contributed by atoms with Gasteiger partial charge >= 0.3 is 0 Å². The van der Waals surface area contributed by atoms with Crippen molar-refractivity contribution in [1.82, 2.24) is 5.32 Å². The maximum Gasteiger partial charge on any atom is 0.175 e. The molecule has 2 N–H and O–H groups in total. The third kappa shape index (κ3) is 3.01. The van der Waals surface area contributed by atoms with E-state index in [1.165, 1.54) is 38.3 Å². The number of benzene rings is 1. The molecule has 0 saturated carbocycles. The third-order valence-corrected chi connectivity index (χ3v) is 5.52. The number of nitrogens with one attached hydrogen (secondary N) is 2. The number of quaternary nitrogens is 1. The molecule has 110 valence electrons. The molecule has 4 heteroatoms. The smallest absolute Gasteiger partial charge is 0.175 e. The quantitative estimate of drug-likeness (QED) is 0.871. The van der Waals surface area contributed by atoms with E-state index in [0.717, 1.165) is 24.3 Å². The summed E-state index contributed by atoms with van der Waals surface area (Å²) in [7, 11) is 2.15. The summed E-state index contributed by atoms with van der Waals surface area (Å²) < 4.78 is 0. The maximum atomic E-state index is 4.58. The third-order valence-electron chi connectivity index (χ3n) is 4.54. The summed E-state index contributed by atoms with van der Waals surface area (Å²) in [6.45, 7) is 13.0. The zero-order chi connectivity index (χ0) is 14.9. The zero-order valence-electron chi connectivity index (χ0n) is 13.5. The van der Waals surface area contributed by atoms with Crippen molar-refractivity contribution >= 4 is 16.9 Å². The summed E-state index contributed by atoms with van der Waals surface area (Å²) >= 11 is 1.83. The molecule has 0 spiro atoms. The Balaban J connectivity index is 2.18. The SMILES string of the molecule is Cc1c(C)c(C)c(CSC2=NC[NH+](C)CN2)c(C)c1C. The molecule has 0 fully saturated rings. The molecule has 1 heterocycles. The first-order valence-electron chi connectivity index (χ1n) is 7.20. The average molecular weight is 292 g/mol. The Bertz CT molecular complexity index is 520. The van der Waals surface area contributed by atoms with Crippen LogP contribution in [0.5, 0.6) is 0 Å². The first-order valence-corrected chi connectivity index (χ1v) is 8.18. The molecule has 0 saturated heterocycles. The molecule has 1 aliphatic heterocycles. The van der Waals surface area contributed by atoms with Gasteiger partial charge in [0.2, 0.25) is 0 Å². The van der Waals surface area contributed by atoms with Crippen LogP contribution in [0.1, 0.15) is 33.4 Å². The van der Waals surface area contributed by atoms with E-state index in [2.05, 4.69) is 52.0 Å². The van der Waals surface area contributed by atoms with Crippen LogP contribution in [0.2, 0.25) is 0 Å². The molecular weight excluding hydrogens is 266 g/mol. The fourth-order valence-corrected chi connectivity index (χ4v) is 3.62. The molecule has 0 radical (unpaired) electrons. The second-order valence-electron chi connectivity index (χ2n) is 5.82. The lowest BCUT2D eigenvalue weighted by Gasteiger charge is -2.21. The van der Waals surface area contributed by atoms with Crippen LogP contribution in [0.4, 0.5) is 0 Å². The summed E-state index contributed by atoms with van der Waals surface area (Å²) in [6, 6.07) is 0. The fourth-order valence-electron chi connectivity index (χ4n) is 2.58. The summed E-state index contributed by atoms with van der Waals surface area (Å²) in [4.78, 5) is 5.98. The van der Waals surface area contributed by atoms with Gasteiger partial charge in [0.1, 0.15) is 0 Å². The summed E-state index contributed by atoms with van der Waals surface area (Å²) in [5, 5.41) is 4.48. The van der Waals surface area contributed by atoms with Crippen molar-refractivity contribution in [3.63, 3.8) is 0 Å². The van der Waals surface area contributed by atoms with E-state index in [1.54, 1.807) is 0 Å². The monoisotopic (exact) mass is 292 g/mol. The lowest BCUT2D eigenvalue weighted by Crippen LogP contribution is -3.11. The van der Waals surface area contributed by atoms with Crippen molar-refractivity contribution in [1.29, 1.82) is 0 Å². The van der Waals surface area contributed by atoms with Crippen LogP contribution in [0.3, 0.4) is 0 Å². The molecule has 0 amide bonds. The highest BCUT2D eigenvalue weighted by molar-refractivity contribution is 8.13. The van der Waals surface area contributed by atoms with Gasteiger partial charge in [0.05, 0.1) is 7.05 Å². The fraction of sp³-hybridized carbons (Fsp3) is 0.562. The normalized spacial score (nSPS) is 18.7. The predicted molar refractivity (Wildman–Crippen MR) is 88.6 cm³/mol. The van der Waals surface area contributed by atoms with E-state index >= 15 is 0 Å². The van der Waals surface area contributed by atoms with Crippen LogP contribution in [0.15, 0.2) is 4.99 Å². The Morgan fingerprint density at radius 3 is 2.05 bits per heavy atom. The van der Waals surface area contributed by atoms with Gasteiger partial charge in [-0.05, 0) is 68.0 Å². The molecule has 0 bridgehead atoms. The maximum absolute atomic E-state index is 4.58. The molecule has 0 aliphatic carbocycles. The molecule has 20 heavy (non-hydrogen) atoms. The van der Waals surface area contributed by atoms with Crippen LogP contribution in [0.25, 0.3) is 0 Å². The largest absolute Gasteiger partial charge is 0.318 e. The number of hydrogen-bond acceptors (Lipinski definition) is 3. The predicted octanol–water partition coefficient (Wildman–Crippen LogP) is 1.85. The van der Waals surface area contributed by atoms with E-state index in [4.69, 9.17) is 0 Å². The minimum absolute atomic E-state index is 0.874. The van der Waals surface area contributed by atoms with Gasteiger partial charge in [-0.15, -0.1) is 0 Å².